The summed E-state index contributed by atoms with van der Waals surface area (Å²) < 4.78 is 18.7. The Morgan fingerprint density at radius 3 is 2.61 bits per heavy atom. The van der Waals surface area contributed by atoms with Crippen LogP contribution in [0.15, 0.2) is 35.9 Å². The van der Waals surface area contributed by atoms with Crippen molar-refractivity contribution in [3.05, 3.63) is 47.3 Å². The number of ether oxygens (including phenoxy) is 1. The van der Waals surface area contributed by atoms with E-state index >= 15 is 0 Å². The monoisotopic (exact) mass is 386 g/mol. The first-order chi connectivity index (χ1) is 13.4. The molecular weight excluding hydrogens is 355 g/mol. The van der Waals surface area contributed by atoms with E-state index in [1.165, 1.54) is 24.1 Å². The fourth-order valence-electron chi connectivity index (χ4n) is 4.99. The summed E-state index contributed by atoms with van der Waals surface area (Å²) in [6.07, 6.45) is 4.74. The lowest BCUT2D eigenvalue weighted by atomic mass is 9.49. The van der Waals surface area contributed by atoms with Crippen molar-refractivity contribution >= 4 is 5.91 Å². The van der Waals surface area contributed by atoms with E-state index in [1.54, 1.807) is 12.1 Å². The van der Waals surface area contributed by atoms with Crippen molar-refractivity contribution in [2.45, 2.75) is 26.7 Å². The molecule has 2 fully saturated rings. The van der Waals surface area contributed by atoms with Gasteiger partial charge in [0.05, 0.1) is 13.2 Å². The van der Waals surface area contributed by atoms with Crippen molar-refractivity contribution in [2.24, 2.45) is 17.3 Å². The van der Waals surface area contributed by atoms with Crippen molar-refractivity contribution in [3.8, 4) is 0 Å². The van der Waals surface area contributed by atoms with Gasteiger partial charge in [-0.1, -0.05) is 25.5 Å². The lowest BCUT2D eigenvalue weighted by Crippen LogP contribution is -2.51. The summed E-state index contributed by atoms with van der Waals surface area (Å²) in [5.41, 5.74) is 2.31. The van der Waals surface area contributed by atoms with Gasteiger partial charge in [-0.05, 0) is 54.4 Å². The molecule has 1 amide bonds. The molecule has 1 aromatic rings. The summed E-state index contributed by atoms with van der Waals surface area (Å²) >= 11 is 0. The molecule has 5 heteroatoms. The Morgan fingerprint density at radius 1 is 1.25 bits per heavy atom. The summed E-state index contributed by atoms with van der Waals surface area (Å²) in [6.45, 7) is 10.3. The number of nitrogens with zero attached hydrogens (tertiary/aromatic N) is 2. The van der Waals surface area contributed by atoms with E-state index in [9.17, 15) is 9.18 Å². The highest BCUT2D eigenvalue weighted by Crippen LogP contribution is 2.59. The lowest BCUT2D eigenvalue weighted by molar-refractivity contribution is -0.0109. The Hall–Kier alpha value is -1.72. The first-order valence-corrected chi connectivity index (χ1v) is 10.5. The summed E-state index contributed by atoms with van der Waals surface area (Å²) in [7, 11) is 0. The molecule has 1 aromatic carbocycles. The van der Waals surface area contributed by atoms with Gasteiger partial charge >= 0.3 is 0 Å². The Kier molecular flexibility index (Phi) is 5.57. The third-order valence-electron chi connectivity index (χ3n) is 7.12. The van der Waals surface area contributed by atoms with Crippen LogP contribution in [-0.4, -0.2) is 61.6 Å². The van der Waals surface area contributed by atoms with Crippen LogP contribution >= 0.6 is 0 Å². The Bertz CT molecular complexity index is 737. The molecule has 2 unspecified atom stereocenters. The number of allylic oxidation sites excluding steroid dienone is 1. The predicted molar refractivity (Wildman–Crippen MR) is 108 cm³/mol. The maximum absolute atomic E-state index is 13.3. The Morgan fingerprint density at radius 2 is 1.96 bits per heavy atom. The normalized spacial score (nSPS) is 26.3. The maximum Gasteiger partial charge on any atom is 0.254 e. The minimum Gasteiger partial charge on any atom is -0.379 e. The van der Waals surface area contributed by atoms with Gasteiger partial charge in [-0.3, -0.25) is 9.69 Å². The van der Waals surface area contributed by atoms with E-state index in [0.29, 0.717) is 30.0 Å². The number of rotatable bonds is 6. The molecular formula is C23H31FN2O2. The molecule has 1 saturated carbocycles. The molecule has 2 bridgehead atoms. The minimum atomic E-state index is -0.311. The number of benzene rings is 1. The summed E-state index contributed by atoms with van der Waals surface area (Å²) in [5.74, 6) is 1.05. The van der Waals surface area contributed by atoms with Gasteiger partial charge in [0.1, 0.15) is 5.82 Å². The molecule has 0 spiro atoms. The second-order valence-corrected chi connectivity index (χ2v) is 9.01. The number of amides is 1. The molecule has 1 saturated heterocycles. The van der Waals surface area contributed by atoms with Gasteiger partial charge in [0, 0.05) is 38.3 Å². The SMILES string of the molecule is CC1(C)C2CC=C(CN(CCN3CCOCC3)C(=O)c3ccc(F)cc3)C1C2. The lowest BCUT2D eigenvalue weighted by Gasteiger charge is -2.57. The molecule has 1 aliphatic heterocycles. The Labute approximate surface area is 167 Å². The molecule has 5 rings (SSSR count). The fraction of sp³-hybridized carbons (Fsp3) is 0.609. The smallest absolute Gasteiger partial charge is 0.254 e. The van der Waals surface area contributed by atoms with Crippen molar-refractivity contribution in [3.63, 3.8) is 0 Å². The van der Waals surface area contributed by atoms with Crippen molar-refractivity contribution < 1.29 is 13.9 Å². The zero-order valence-electron chi connectivity index (χ0n) is 17.0. The molecule has 3 aliphatic carbocycles. The van der Waals surface area contributed by atoms with Crippen LogP contribution in [0.2, 0.25) is 0 Å². The van der Waals surface area contributed by atoms with Gasteiger partial charge in [-0.25, -0.2) is 4.39 Å². The van der Waals surface area contributed by atoms with Gasteiger partial charge in [0.2, 0.25) is 0 Å². The molecule has 0 N–H and O–H groups in total. The minimum absolute atomic E-state index is 0.00610. The number of halogens is 1. The first kappa shape index (κ1) is 19.6. The van der Waals surface area contributed by atoms with E-state index in [4.69, 9.17) is 4.74 Å². The van der Waals surface area contributed by atoms with E-state index in [1.807, 2.05) is 4.90 Å². The number of hydrogen-bond donors (Lipinski definition) is 0. The zero-order chi connectivity index (χ0) is 19.7. The van der Waals surface area contributed by atoms with E-state index < -0.39 is 0 Å². The van der Waals surface area contributed by atoms with Crippen LogP contribution in [0, 0.1) is 23.1 Å². The van der Waals surface area contributed by atoms with Crippen LogP contribution in [0.1, 0.15) is 37.0 Å². The van der Waals surface area contributed by atoms with Crippen molar-refractivity contribution in [1.29, 1.82) is 0 Å². The van der Waals surface area contributed by atoms with Crippen LogP contribution in [0.4, 0.5) is 4.39 Å². The summed E-state index contributed by atoms with van der Waals surface area (Å²) in [6, 6.07) is 5.93. The van der Waals surface area contributed by atoms with Crippen LogP contribution in [-0.2, 0) is 4.74 Å². The van der Waals surface area contributed by atoms with Crippen molar-refractivity contribution in [2.75, 3.05) is 45.9 Å². The van der Waals surface area contributed by atoms with E-state index in [2.05, 4.69) is 24.8 Å². The fourth-order valence-corrected chi connectivity index (χ4v) is 4.99. The molecule has 0 radical (unpaired) electrons. The van der Waals surface area contributed by atoms with Gasteiger partial charge in [0.25, 0.3) is 5.91 Å². The number of fused-ring (bicyclic) bond motifs is 1. The van der Waals surface area contributed by atoms with Gasteiger partial charge in [-0.15, -0.1) is 0 Å². The van der Waals surface area contributed by atoms with Crippen LogP contribution in [0.3, 0.4) is 0 Å². The molecule has 152 valence electrons. The Balaban J connectivity index is 1.48. The van der Waals surface area contributed by atoms with Gasteiger partial charge < -0.3 is 9.64 Å². The molecule has 2 atom stereocenters. The highest BCUT2D eigenvalue weighted by atomic mass is 19.1. The maximum atomic E-state index is 13.3. The van der Waals surface area contributed by atoms with Crippen LogP contribution in [0.5, 0.6) is 0 Å². The molecule has 4 nitrogen and oxygen atoms in total. The quantitative estimate of drug-likeness (QED) is 0.701. The topological polar surface area (TPSA) is 32.8 Å². The van der Waals surface area contributed by atoms with E-state index in [-0.39, 0.29) is 11.7 Å². The predicted octanol–water partition coefficient (Wildman–Crippen LogP) is 3.59. The van der Waals surface area contributed by atoms with Gasteiger partial charge in [0.15, 0.2) is 0 Å². The summed E-state index contributed by atoms with van der Waals surface area (Å²) in [4.78, 5) is 17.5. The average Bonchev–Trinajstić information content (AvgIpc) is 2.72. The molecule has 28 heavy (non-hydrogen) atoms. The van der Waals surface area contributed by atoms with Crippen LogP contribution < -0.4 is 0 Å². The van der Waals surface area contributed by atoms with E-state index in [0.717, 1.165) is 45.2 Å². The third kappa shape index (κ3) is 3.87. The highest BCUT2D eigenvalue weighted by Gasteiger charge is 2.51. The number of carbonyl (C=O) groups is 1. The molecule has 0 aromatic heterocycles. The third-order valence-corrected chi connectivity index (χ3v) is 7.12. The number of morpholine rings is 1. The van der Waals surface area contributed by atoms with Gasteiger partial charge in [-0.2, -0.15) is 0 Å². The second kappa shape index (κ2) is 7.96. The number of carbonyl (C=O) groups excluding carboxylic acids is 1. The largest absolute Gasteiger partial charge is 0.379 e. The standard InChI is InChI=1S/C23H31FN2O2/c1-23(2)19-6-3-18(21(23)15-19)16-26(10-9-25-11-13-28-14-12-25)22(27)17-4-7-20(24)8-5-17/h3-5,7-8,19,21H,6,9-16H2,1-2H3. The van der Waals surface area contributed by atoms with Crippen molar-refractivity contribution in [1.82, 2.24) is 9.80 Å². The molecule has 4 aliphatic rings. The number of hydrogen-bond acceptors (Lipinski definition) is 3. The average molecular weight is 387 g/mol. The van der Waals surface area contributed by atoms with Crippen LogP contribution in [0.25, 0.3) is 0 Å². The first-order valence-electron chi connectivity index (χ1n) is 10.5. The highest BCUT2D eigenvalue weighted by molar-refractivity contribution is 5.94. The summed E-state index contributed by atoms with van der Waals surface area (Å²) in [5, 5.41) is 0. The second-order valence-electron chi connectivity index (χ2n) is 9.01. The molecule has 1 heterocycles. The zero-order valence-corrected chi connectivity index (χ0v) is 17.0.